The van der Waals surface area contributed by atoms with Gasteiger partial charge in [0.25, 0.3) is 0 Å². The van der Waals surface area contributed by atoms with E-state index in [0.717, 1.165) is 39.2 Å². The van der Waals surface area contributed by atoms with E-state index in [0.29, 0.717) is 23.7 Å². The Labute approximate surface area is 172 Å². The van der Waals surface area contributed by atoms with Gasteiger partial charge in [-0.25, -0.2) is 9.79 Å². The number of carbonyl (C=O) groups is 1. The normalized spacial score (nSPS) is 14.1. The number of ether oxygens (including phenoxy) is 1. The summed E-state index contributed by atoms with van der Waals surface area (Å²) in [6, 6.07) is 15.3. The highest BCUT2D eigenvalue weighted by Gasteiger charge is 2.26. The predicted octanol–water partition coefficient (Wildman–Crippen LogP) is 4.46. The SMILES string of the molecule is O=C(OCc1cccc(Cl)c1)C1=Nc2cc3c(cc2C1)CN=C3c1ccncc1. The van der Waals surface area contributed by atoms with Crippen LogP contribution in [0.3, 0.4) is 0 Å². The number of aliphatic imine (C=N–C) groups is 2. The Hall–Kier alpha value is -3.31. The van der Waals surface area contributed by atoms with E-state index in [-0.39, 0.29) is 6.61 Å². The summed E-state index contributed by atoms with van der Waals surface area (Å²) in [5, 5.41) is 0.616. The summed E-state index contributed by atoms with van der Waals surface area (Å²) in [6.45, 7) is 0.804. The molecule has 0 atom stereocenters. The van der Waals surface area contributed by atoms with Crippen molar-refractivity contribution in [2.75, 3.05) is 0 Å². The maximum absolute atomic E-state index is 12.5. The molecule has 0 saturated heterocycles. The van der Waals surface area contributed by atoms with Crippen LogP contribution in [0.4, 0.5) is 5.69 Å². The predicted molar refractivity (Wildman–Crippen MR) is 112 cm³/mol. The van der Waals surface area contributed by atoms with E-state index in [9.17, 15) is 4.79 Å². The molecule has 0 amide bonds. The number of halogens is 1. The molecule has 0 fully saturated rings. The molecule has 1 aromatic heterocycles. The van der Waals surface area contributed by atoms with Gasteiger partial charge in [0.1, 0.15) is 12.3 Å². The monoisotopic (exact) mass is 401 g/mol. The topological polar surface area (TPSA) is 63.9 Å². The van der Waals surface area contributed by atoms with Gasteiger partial charge in [-0.3, -0.25) is 9.98 Å². The molecule has 2 aliphatic rings. The van der Waals surface area contributed by atoms with E-state index >= 15 is 0 Å². The van der Waals surface area contributed by atoms with Crippen LogP contribution in [0.1, 0.15) is 27.8 Å². The van der Waals surface area contributed by atoms with E-state index in [1.807, 2.05) is 30.3 Å². The zero-order valence-electron chi connectivity index (χ0n) is 15.4. The van der Waals surface area contributed by atoms with Crippen molar-refractivity contribution in [2.24, 2.45) is 9.98 Å². The van der Waals surface area contributed by atoms with Crippen LogP contribution < -0.4 is 0 Å². The third-order valence-electron chi connectivity index (χ3n) is 5.03. The highest BCUT2D eigenvalue weighted by atomic mass is 35.5. The lowest BCUT2D eigenvalue weighted by atomic mass is 9.97. The molecule has 2 aliphatic heterocycles. The lowest BCUT2D eigenvalue weighted by Gasteiger charge is -2.06. The largest absolute Gasteiger partial charge is 0.456 e. The van der Waals surface area contributed by atoms with E-state index in [2.05, 4.69) is 21.0 Å². The van der Waals surface area contributed by atoms with Gasteiger partial charge in [0.05, 0.1) is 17.9 Å². The Bertz CT molecular complexity index is 1190. The zero-order chi connectivity index (χ0) is 19.8. The molecule has 5 rings (SSSR count). The van der Waals surface area contributed by atoms with Crippen molar-refractivity contribution in [2.45, 2.75) is 19.6 Å². The van der Waals surface area contributed by atoms with Gasteiger partial charge in [0.15, 0.2) is 0 Å². The number of benzene rings is 2. The Kier molecular flexibility index (Phi) is 4.45. The minimum atomic E-state index is -0.399. The smallest absolute Gasteiger partial charge is 0.353 e. The van der Waals surface area contributed by atoms with E-state index in [1.165, 1.54) is 0 Å². The first-order valence-electron chi connectivity index (χ1n) is 9.27. The molecule has 0 aliphatic carbocycles. The summed E-state index contributed by atoms with van der Waals surface area (Å²) >= 11 is 5.98. The molecule has 2 aromatic carbocycles. The van der Waals surface area contributed by atoms with E-state index in [4.69, 9.17) is 16.3 Å². The Morgan fingerprint density at radius 3 is 2.76 bits per heavy atom. The van der Waals surface area contributed by atoms with Crippen LogP contribution in [0.15, 0.2) is 70.9 Å². The van der Waals surface area contributed by atoms with Crippen molar-refractivity contribution in [3.63, 3.8) is 0 Å². The van der Waals surface area contributed by atoms with E-state index < -0.39 is 5.97 Å². The number of hydrogen-bond acceptors (Lipinski definition) is 5. The molecule has 0 spiro atoms. The Morgan fingerprint density at radius 2 is 1.93 bits per heavy atom. The lowest BCUT2D eigenvalue weighted by Crippen LogP contribution is -2.17. The van der Waals surface area contributed by atoms with Gasteiger partial charge in [0, 0.05) is 35.0 Å². The van der Waals surface area contributed by atoms with Crippen LogP contribution in [0.25, 0.3) is 0 Å². The summed E-state index contributed by atoms with van der Waals surface area (Å²) in [5.74, 6) is -0.399. The lowest BCUT2D eigenvalue weighted by molar-refractivity contribution is -0.136. The summed E-state index contributed by atoms with van der Waals surface area (Å²) in [6.07, 6.45) is 3.99. The summed E-state index contributed by atoms with van der Waals surface area (Å²) in [5.41, 5.74) is 7.30. The van der Waals surface area contributed by atoms with Gasteiger partial charge < -0.3 is 4.74 Å². The number of hydrogen-bond donors (Lipinski definition) is 0. The molecular weight excluding hydrogens is 386 g/mol. The van der Waals surface area contributed by atoms with Crippen LogP contribution >= 0.6 is 11.6 Å². The molecule has 5 nitrogen and oxygen atoms in total. The molecule has 0 bridgehead atoms. The van der Waals surface area contributed by atoms with Crippen LogP contribution in [0.2, 0.25) is 5.02 Å². The van der Waals surface area contributed by atoms with Crippen LogP contribution in [0.5, 0.6) is 0 Å². The zero-order valence-corrected chi connectivity index (χ0v) is 16.2. The fourth-order valence-electron chi connectivity index (χ4n) is 3.63. The van der Waals surface area contributed by atoms with Crippen molar-refractivity contribution >= 4 is 34.7 Å². The molecule has 0 radical (unpaired) electrons. The minimum absolute atomic E-state index is 0.171. The highest BCUT2D eigenvalue weighted by Crippen LogP contribution is 2.34. The van der Waals surface area contributed by atoms with Gasteiger partial charge in [-0.15, -0.1) is 0 Å². The van der Waals surface area contributed by atoms with Gasteiger partial charge in [-0.05, 0) is 47.0 Å². The van der Waals surface area contributed by atoms with Gasteiger partial charge >= 0.3 is 5.97 Å². The van der Waals surface area contributed by atoms with Crippen molar-refractivity contribution in [3.8, 4) is 0 Å². The van der Waals surface area contributed by atoms with Crippen molar-refractivity contribution < 1.29 is 9.53 Å². The van der Waals surface area contributed by atoms with Crippen LogP contribution in [-0.2, 0) is 29.1 Å². The second-order valence-corrected chi connectivity index (χ2v) is 7.42. The third kappa shape index (κ3) is 3.45. The molecule has 142 valence electrons. The number of rotatable bonds is 4. The molecule has 3 aromatic rings. The van der Waals surface area contributed by atoms with Gasteiger partial charge in [-0.2, -0.15) is 0 Å². The average molecular weight is 402 g/mol. The number of nitrogens with zero attached hydrogens (tertiary/aromatic N) is 3. The fourth-order valence-corrected chi connectivity index (χ4v) is 3.84. The number of aromatic nitrogens is 1. The molecular formula is C23H16ClN3O2. The maximum Gasteiger partial charge on any atom is 0.353 e. The average Bonchev–Trinajstić information content (AvgIpc) is 3.34. The Balaban J connectivity index is 1.35. The van der Waals surface area contributed by atoms with Crippen molar-refractivity contribution in [1.29, 1.82) is 0 Å². The second kappa shape index (κ2) is 7.26. The van der Waals surface area contributed by atoms with Gasteiger partial charge in [-0.1, -0.05) is 29.8 Å². The van der Waals surface area contributed by atoms with Crippen molar-refractivity contribution in [3.05, 3.63) is 93.8 Å². The number of carbonyl (C=O) groups excluding carboxylic acids is 1. The first-order valence-corrected chi connectivity index (χ1v) is 9.65. The molecule has 0 N–H and O–H groups in total. The molecule has 29 heavy (non-hydrogen) atoms. The highest BCUT2D eigenvalue weighted by molar-refractivity contribution is 6.38. The molecule has 0 unspecified atom stereocenters. The van der Waals surface area contributed by atoms with Gasteiger partial charge in [0.2, 0.25) is 0 Å². The summed E-state index contributed by atoms with van der Waals surface area (Å²) in [4.78, 5) is 25.8. The Morgan fingerprint density at radius 1 is 1.07 bits per heavy atom. The maximum atomic E-state index is 12.5. The summed E-state index contributed by atoms with van der Waals surface area (Å²) in [7, 11) is 0. The molecule has 6 heteroatoms. The molecule has 0 saturated carbocycles. The fraction of sp³-hybridized carbons (Fsp3) is 0.130. The van der Waals surface area contributed by atoms with Crippen molar-refractivity contribution in [1.82, 2.24) is 4.98 Å². The summed E-state index contributed by atoms with van der Waals surface area (Å²) < 4.78 is 5.43. The first-order chi connectivity index (χ1) is 14.2. The second-order valence-electron chi connectivity index (χ2n) is 6.98. The van der Waals surface area contributed by atoms with Crippen LogP contribution in [-0.4, -0.2) is 22.4 Å². The first kappa shape index (κ1) is 17.8. The molecule has 3 heterocycles. The number of fused-ring (bicyclic) bond motifs is 2. The quantitative estimate of drug-likeness (QED) is 0.606. The van der Waals surface area contributed by atoms with Crippen LogP contribution in [0, 0.1) is 0 Å². The minimum Gasteiger partial charge on any atom is -0.456 e. The third-order valence-corrected chi connectivity index (χ3v) is 5.26. The van der Waals surface area contributed by atoms with E-state index in [1.54, 1.807) is 24.5 Å². The number of pyridine rings is 1. The number of esters is 1. The standard InChI is InChI=1S/C23H16ClN3O2/c24-18-3-1-2-14(8-18)13-29-23(28)21-10-16-9-17-12-26-22(15-4-6-25-7-5-15)19(17)11-20(16)27-21/h1-9,11H,10,12-13H2.